The molecule has 0 spiro atoms. The Kier molecular flexibility index (Phi) is 8.34. The minimum atomic E-state index is -0.785. The van der Waals surface area contributed by atoms with Gasteiger partial charge >= 0.3 is 0 Å². The molecule has 3 amide bonds. The first-order chi connectivity index (χ1) is 19.0. The SMILES string of the molecule is Cc1ncsc1-c1ccc(CNC(=O)C2CC(O)CN2C(=O)C(NC(=O)C2CCC2C2CCC2)C(C)(C)C)cc1. The van der Waals surface area contributed by atoms with Gasteiger partial charge in [0.25, 0.3) is 0 Å². The quantitative estimate of drug-likeness (QED) is 0.446. The summed E-state index contributed by atoms with van der Waals surface area (Å²) in [5.74, 6) is 0.392. The maximum Gasteiger partial charge on any atom is 0.246 e. The highest BCUT2D eigenvalue weighted by atomic mass is 32.1. The summed E-state index contributed by atoms with van der Waals surface area (Å²) in [5.41, 5.74) is 4.30. The van der Waals surface area contributed by atoms with Gasteiger partial charge in [-0.15, -0.1) is 11.3 Å². The van der Waals surface area contributed by atoms with Crippen LogP contribution >= 0.6 is 11.3 Å². The number of carbonyl (C=O) groups excluding carboxylic acids is 3. The van der Waals surface area contributed by atoms with E-state index >= 15 is 0 Å². The first-order valence-electron chi connectivity index (χ1n) is 14.6. The second-order valence-electron chi connectivity index (χ2n) is 12.9. The standard InChI is InChI=1S/C31H42N4O4S/c1-18-26(40-17-33-18)21-10-8-19(9-11-21)15-32-29(38)25-14-22(36)16-35(25)30(39)27(31(2,3)4)34-28(37)24-13-12-23(24)20-6-5-7-20/h8-11,17,20,22-25,27,36H,5-7,12-16H2,1-4H3,(H,32,38)(H,34,37). The van der Waals surface area contributed by atoms with Crippen LogP contribution in [0.2, 0.25) is 0 Å². The molecule has 1 aromatic heterocycles. The van der Waals surface area contributed by atoms with E-state index in [1.807, 2.05) is 57.5 Å². The minimum absolute atomic E-state index is 0.0300. The van der Waals surface area contributed by atoms with Crippen LogP contribution in [0.15, 0.2) is 29.8 Å². The van der Waals surface area contributed by atoms with Crippen LogP contribution in [0.4, 0.5) is 0 Å². The second kappa shape index (κ2) is 11.6. The van der Waals surface area contributed by atoms with Crippen molar-refractivity contribution in [3.63, 3.8) is 0 Å². The van der Waals surface area contributed by atoms with Crippen molar-refractivity contribution in [2.45, 2.75) is 91.0 Å². The lowest BCUT2D eigenvalue weighted by Crippen LogP contribution is -2.59. The number of carbonyl (C=O) groups is 3. The molecule has 8 nitrogen and oxygen atoms in total. The van der Waals surface area contributed by atoms with Crippen molar-refractivity contribution in [2.75, 3.05) is 6.54 Å². The monoisotopic (exact) mass is 566 g/mol. The third kappa shape index (κ3) is 5.96. The van der Waals surface area contributed by atoms with Gasteiger partial charge in [0, 0.05) is 25.4 Å². The van der Waals surface area contributed by atoms with Crippen LogP contribution in [0.3, 0.4) is 0 Å². The van der Waals surface area contributed by atoms with Crippen LogP contribution in [-0.2, 0) is 20.9 Å². The Labute approximate surface area is 240 Å². The van der Waals surface area contributed by atoms with Crippen LogP contribution in [0.5, 0.6) is 0 Å². The number of hydrogen-bond acceptors (Lipinski definition) is 6. The van der Waals surface area contributed by atoms with Gasteiger partial charge in [-0.1, -0.05) is 64.3 Å². The van der Waals surface area contributed by atoms with E-state index in [4.69, 9.17) is 0 Å². The molecule has 0 radical (unpaired) electrons. The van der Waals surface area contributed by atoms with E-state index in [0.717, 1.165) is 34.5 Å². The lowest BCUT2D eigenvalue weighted by atomic mass is 9.60. The van der Waals surface area contributed by atoms with Crippen LogP contribution in [0.25, 0.3) is 10.4 Å². The van der Waals surface area contributed by atoms with E-state index in [9.17, 15) is 19.5 Å². The van der Waals surface area contributed by atoms with Crippen molar-refractivity contribution < 1.29 is 19.5 Å². The van der Waals surface area contributed by atoms with Crippen molar-refractivity contribution in [3.8, 4) is 10.4 Å². The summed E-state index contributed by atoms with van der Waals surface area (Å²) in [5, 5.41) is 16.5. The molecule has 0 bridgehead atoms. The minimum Gasteiger partial charge on any atom is -0.391 e. The zero-order chi connectivity index (χ0) is 28.6. The Hall–Kier alpha value is -2.78. The van der Waals surface area contributed by atoms with E-state index in [1.54, 1.807) is 11.3 Å². The zero-order valence-electron chi connectivity index (χ0n) is 24.0. The maximum atomic E-state index is 13.9. The van der Waals surface area contributed by atoms with Crippen LogP contribution in [-0.4, -0.2) is 57.4 Å². The predicted molar refractivity (Wildman–Crippen MR) is 155 cm³/mol. The average molecular weight is 567 g/mol. The number of thiazole rings is 1. The van der Waals surface area contributed by atoms with Crippen molar-refractivity contribution in [2.24, 2.45) is 23.2 Å². The normalized spacial score (nSPS) is 25.6. The summed E-state index contributed by atoms with van der Waals surface area (Å²) in [7, 11) is 0. The Bertz CT molecular complexity index is 1230. The number of β-amino-alcohol motifs (C(OH)–C–C–N with tert-alkyl or cyclic N) is 1. The van der Waals surface area contributed by atoms with Crippen LogP contribution < -0.4 is 10.6 Å². The molecule has 1 saturated heterocycles. The van der Waals surface area contributed by atoms with E-state index in [1.165, 1.54) is 24.2 Å². The fourth-order valence-corrected chi connectivity index (χ4v) is 7.12. The highest BCUT2D eigenvalue weighted by molar-refractivity contribution is 7.13. The van der Waals surface area contributed by atoms with Crippen molar-refractivity contribution in [1.29, 1.82) is 0 Å². The van der Waals surface area contributed by atoms with Crippen LogP contribution in [0.1, 0.15) is 70.6 Å². The number of aliphatic hydroxyl groups is 1. The van der Waals surface area contributed by atoms with Gasteiger partial charge in [0.15, 0.2) is 0 Å². The molecule has 5 atom stereocenters. The molecule has 2 aromatic rings. The third-order valence-electron chi connectivity index (χ3n) is 9.11. The molecule has 5 unspecified atom stereocenters. The molecule has 2 aliphatic carbocycles. The summed E-state index contributed by atoms with van der Waals surface area (Å²) in [6.45, 7) is 8.17. The van der Waals surface area contributed by atoms with Crippen molar-refractivity contribution >= 4 is 29.1 Å². The summed E-state index contributed by atoms with van der Waals surface area (Å²) >= 11 is 1.60. The number of hydrogen-bond donors (Lipinski definition) is 3. The fraction of sp³-hybridized carbons (Fsp3) is 0.613. The van der Waals surface area contributed by atoms with Gasteiger partial charge in [0.05, 0.1) is 22.2 Å². The van der Waals surface area contributed by atoms with E-state index in [0.29, 0.717) is 18.4 Å². The molecule has 40 heavy (non-hydrogen) atoms. The van der Waals surface area contributed by atoms with Crippen molar-refractivity contribution in [1.82, 2.24) is 20.5 Å². The topological polar surface area (TPSA) is 112 Å². The Morgan fingerprint density at radius 3 is 2.38 bits per heavy atom. The van der Waals surface area contributed by atoms with Gasteiger partial charge in [-0.3, -0.25) is 14.4 Å². The highest BCUT2D eigenvalue weighted by Gasteiger charge is 2.47. The summed E-state index contributed by atoms with van der Waals surface area (Å²) in [4.78, 5) is 47.4. The number of benzene rings is 1. The Balaban J connectivity index is 1.22. The smallest absolute Gasteiger partial charge is 0.246 e. The van der Waals surface area contributed by atoms with Gasteiger partial charge in [-0.05, 0) is 48.1 Å². The predicted octanol–water partition coefficient (Wildman–Crippen LogP) is 4.05. The molecular formula is C31H42N4O4S. The number of likely N-dealkylation sites (tertiary alicyclic amines) is 1. The summed E-state index contributed by atoms with van der Waals surface area (Å²) in [6.07, 6.45) is 5.01. The van der Waals surface area contributed by atoms with E-state index < -0.39 is 23.6 Å². The number of nitrogens with zero attached hydrogens (tertiary/aromatic N) is 2. The number of aryl methyl sites for hydroxylation is 1. The molecule has 216 valence electrons. The fourth-order valence-electron chi connectivity index (χ4n) is 6.31. The molecule has 9 heteroatoms. The number of nitrogens with one attached hydrogen (secondary N) is 2. The summed E-state index contributed by atoms with van der Waals surface area (Å²) in [6, 6.07) is 6.44. The highest BCUT2D eigenvalue weighted by Crippen LogP contribution is 2.47. The zero-order valence-corrected chi connectivity index (χ0v) is 24.8. The molecule has 1 aromatic carbocycles. The molecule has 2 heterocycles. The molecule has 5 rings (SSSR count). The Morgan fingerprint density at radius 2 is 1.82 bits per heavy atom. The Morgan fingerprint density at radius 1 is 1.10 bits per heavy atom. The number of aromatic nitrogens is 1. The van der Waals surface area contributed by atoms with Crippen LogP contribution in [0, 0.1) is 30.1 Å². The largest absolute Gasteiger partial charge is 0.391 e. The third-order valence-corrected chi connectivity index (χ3v) is 10.1. The molecule has 1 aliphatic heterocycles. The molecule has 3 aliphatic rings. The average Bonchev–Trinajstić information content (AvgIpc) is 3.47. The molecule has 3 fully saturated rings. The van der Waals surface area contributed by atoms with Gasteiger partial charge in [-0.25, -0.2) is 4.98 Å². The van der Waals surface area contributed by atoms with Gasteiger partial charge in [0.1, 0.15) is 12.1 Å². The van der Waals surface area contributed by atoms with Gasteiger partial charge < -0.3 is 20.6 Å². The second-order valence-corrected chi connectivity index (χ2v) is 13.8. The lowest BCUT2D eigenvalue weighted by Gasteiger charge is -2.46. The molecule has 3 N–H and O–H groups in total. The van der Waals surface area contributed by atoms with Gasteiger partial charge in [-0.2, -0.15) is 0 Å². The maximum absolute atomic E-state index is 13.9. The first kappa shape index (κ1) is 28.7. The molecule has 2 saturated carbocycles. The number of rotatable bonds is 8. The summed E-state index contributed by atoms with van der Waals surface area (Å²) < 4.78 is 0. The molecular weight excluding hydrogens is 524 g/mol. The first-order valence-corrected chi connectivity index (χ1v) is 15.5. The van der Waals surface area contributed by atoms with E-state index in [-0.39, 0.29) is 36.6 Å². The number of amides is 3. The number of aliphatic hydroxyl groups excluding tert-OH is 1. The van der Waals surface area contributed by atoms with Gasteiger partial charge in [0.2, 0.25) is 17.7 Å². The lowest BCUT2D eigenvalue weighted by molar-refractivity contribution is -0.146. The van der Waals surface area contributed by atoms with E-state index in [2.05, 4.69) is 15.6 Å². The van der Waals surface area contributed by atoms with Crippen molar-refractivity contribution in [3.05, 3.63) is 41.0 Å².